The first-order chi connectivity index (χ1) is 8.33. The summed E-state index contributed by atoms with van der Waals surface area (Å²) in [6.45, 7) is 3.17. The molecule has 1 unspecified atom stereocenters. The zero-order valence-corrected chi connectivity index (χ0v) is 10.1. The molecule has 2 aromatic rings. The van der Waals surface area contributed by atoms with Gasteiger partial charge in [-0.2, -0.15) is 0 Å². The lowest BCUT2D eigenvalue weighted by Crippen LogP contribution is -2.24. The third-order valence-corrected chi connectivity index (χ3v) is 3.53. The minimum Gasteiger partial charge on any atom is -0.384 e. The Morgan fingerprint density at radius 1 is 1.12 bits per heavy atom. The normalized spacial score (nSPS) is 17.1. The molecule has 1 aliphatic carbocycles. The second kappa shape index (κ2) is 4.25. The number of hydrogen-bond donors (Lipinski definition) is 1. The SMILES string of the molecule is Cc1cccc(NCC2Cc3ccccc32)c1. The lowest BCUT2D eigenvalue weighted by molar-refractivity contribution is 0.636. The maximum Gasteiger partial charge on any atom is 0.0343 e. The number of aryl methyl sites for hydroxylation is 1. The third-order valence-electron chi connectivity index (χ3n) is 3.53. The predicted molar refractivity (Wildman–Crippen MR) is 72.6 cm³/mol. The number of fused-ring (bicyclic) bond motifs is 1. The van der Waals surface area contributed by atoms with E-state index >= 15 is 0 Å². The summed E-state index contributed by atoms with van der Waals surface area (Å²) in [6.07, 6.45) is 1.22. The molecular weight excluding hydrogens is 206 g/mol. The molecule has 0 aliphatic heterocycles. The first kappa shape index (κ1) is 10.4. The summed E-state index contributed by atoms with van der Waals surface area (Å²) >= 11 is 0. The fourth-order valence-corrected chi connectivity index (χ4v) is 2.54. The standard InChI is InChI=1S/C16H17N/c1-12-5-4-7-15(9-12)17-11-14-10-13-6-2-3-8-16(13)14/h2-9,14,17H,10-11H2,1H3. The van der Waals surface area contributed by atoms with E-state index in [-0.39, 0.29) is 0 Å². The summed E-state index contributed by atoms with van der Waals surface area (Å²) in [4.78, 5) is 0. The third kappa shape index (κ3) is 2.05. The van der Waals surface area contributed by atoms with Crippen LogP contribution in [-0.4, -0.2) is 6.54 Å². The van der Waals surface area contributed by atoms with Crippen molar-refractivity contribution >= 4 is 5.69 Å². The maximum absolute atomic E-state index is 3.53. The summed E-state index contributed by atoms with van der Waals surface area (Å²) in [5.41, 5.74) is 5.58. The van der Waals surface area contributed by atoms with Gasteiger partial charge >= 0.3 is 0 Å². The van der Waals surface area contributed by atoms with E-state index in [1.165, 1.54) is 28.8 Å². The molecule has 1 nitrogen and oxygen atoms in total. The number of anilines is 1. The lowest BCUT2D eigenvalue weighted by atomic mass is 9.77. The van der Waals surface area contributed by atoms with Crippen LogP contribution in [0.2, 0.25) is 0 Å². The van der Waals surface area contributed by atoms with Gasteiger partial charge in [-0.25, -0.2) is 0 Å². The van der Waals surface area contributed by atoms with Crippen molar-refractivity contribution in [1.29, 1.82) is 0 Å². The molecule has 0 fully saturated rings. The average molecular weight is 223 g/mol. The van der Waals surface area contributed by atoms with Crippen LogP contribution in [-0.2, 0) is 6.42 Å². The first-order valence-electron chi connectivity index (χ1n) is 6.21. The highest BCUT2D eigenvalue weighted by Gasteiger charge is 2.24. The molecule has 1 heteroatoms. The maximum atomic E-state index is 3.53. The van der Waals surface area contributed by atoms with Crippen molar-refractivity contribution in [3.8, 4) is 0 Å². The van der Waals surface area contributed by atoms with Crippen LogP contribution in [0, 0.1) is 6.92 Å². The summed E-state index contributed by atoms with van der Waals surface area (Å²) < 4.78 is 0. The smallest absolute Gasteiger partial charge is 0.0343 e. The minimum absolute atomic E-state index is 0.687. The van der Waals surface area contributed by atoms with Crippen molar-refractivity contribution in [2.75, 3.05) is 11.9 Å². The Labute approximate surface area is 102 Å². The predicted octanol–water partition coefficient (Wildman–Crippen LogP) is 3.75. The topological polar surface area (TPSA) is 12.0 Å². The highest BCUT2D eigenvalue weighted by atomic mass is 14.9. The van der Waals surface area contributed by atoms with Gasteiger partial charge in [-0.1, -0.05) is 36.4 Å². The zero-order valence-electron chi connectivity index (χ0n) is 10.1. The van der Waals surface area contributed by atoms with E-state index in [0.717, 1.165) is 6.54 Å². The fourth-order valence-electron chi connectivity index (χ4n) is 2.54. The number of hydrogen-bond acceptors (Lipinski definition) is 1. The van der Waals surface area contributed by atoms with Gasteiger partial charge in [-0.15, -0.1) is 0 Å². The van der Waals surface area contributed by atoms with Crippen molar-refractivity contribution in [3.05, 3.63) is 65.2 Å². The van der Waals surface area contributed by atoms with Crippen LogP contribution < -0.4 is 5.32 Å². The van der Waals surface area contributed by atoms with Crippen LogP contribution in [0.5, 0.6) is 0 Å². The monoisotopic (exact) mass is 223 g/mol. The van der Waals surface area contributed by atoms with Crippen LogP contribution in [0.25, 0.3) is 0 Å². The molecule has 1 aliphatic rings. The molecule has 86 valence electrons. The van der Waals surface area contributed by atoms with Crippen LogP contribution >= 0.6 is 0 Å². The van der Waals surface area contributed by atoms with Gasteiger partial charge in [0.25, 0.3) is 0 Å². The van der Waals surface area contributed by atoms with Crippen molar-refractivity contribution in [1.82, 2.24) is 0 Å². The largest absolute Gasteiger partial charge is 0.384 e. The van der Waals surface area contributed by atoms with Crippen molar-refractivity contribution in [2.45, 2.75) is 19.3 Å². The van der Waals surface area contributed by atoms with Crippen molar-refractivity contribution in [3.63, 3.8) is 0 Å². The minimum atomic E-state index is 0.687. The number of rotatable bonds is 3. The fraction of sp³-hybridized carbons (Fsp3) is 0.250. The van der Waals surface area contributed by atoms with Gasteiger partial charge in [-0.3, -0.25) is 0 Å². The van der Waals surface area contributed by atoms with E-state index in [2.05, 4.69) is 60.8 Å². The molecule has 0 radical (unpaired) electrons. The molecule has 3 rings (SSSR count). The zero-order chi connectivity index (χ0) is 11.7. The van der Waals surface area contributed by atoms with E-state index in [1.807, 2.05) is 0 Å². The molecular formula is C16H17N. The van der Waals surface area contributed by atoms with E-state index in [1.54, 1.807) is 0 Å². The number of benzene rings is 2. The molecule has 2 aromatic carbocycles. The summed E-state index contributed by atoms with van der Waals surface area (Å²) in [5, 5.41) is 3.53. The first-order valence-corrected chi connectivity index (χ1v) is 6.21. The Bertz CT molecular complexity index is 531. The summed E-state index contributed by atoms with van der Waals surface area (Å²) in [6, 6.07) is 17.3. The van der Waals surface area contributed by atoms with Gasteiger partial charge in [0.15, 0.2) is 0 Å². The second-order valence-corrected chi connectivity index (χ2v) is 4.85. The molecule has 0 saturated carbocycles. The quantitative estimate of drug-likeness (QED) is 0.835. The highest BCUT2D eigenvalue weighted by Crippen LogP contribution is 2.34. The van der Waals surface area contributed by atoms with Crippen LogP contribution in [0.1, 0.15) is 22.6 Å². The Hall–Kier alpha value is -1.76. The molecule has 17 heavy (non-hydrogen) atoms. The summed E-state index contributed by atoms with van der Waals surface area (Å²) in [7, 11) is 0. The lowest BCUT2D eigenvalue weighted by Gasteiger charge is -2.30. The van der Waals surface area contributed by atoms with Crippen molar-refractivity contribution < 1.29 is 0 Å². The molecule has 0 spiro atoms. The van der Waals surface area contributed by atoms with Gasteiger partial charge in [0.2, 0.25) is 0 Å². The van der Waals surface area contributed by atoms with Gasteiger partial charge < -0.3 is 5.32 Å². The Balaban J connectivity index is 1.64. The molecule has 0 bridgehead atoms. The van der Waals surface area contributed by atoms with E-state index < -0.39 is 0 Å². The van der Waals surface area contributed by atoms with Crippen molar-refractivity contribution in [2.24, 2.45) is 0 Å². The van der Waals surface area contributed by atoms with Crippen LogP contribution in [0.3, 0.4) is 0 Å². The van der Waals surface area contributed by atoms with E-state index in [9.17, 15) is 0 Å². The summed E-state index contributed by atoms with van der Waals surface area (Å²) in [5.74, 6) is 0.687. The Morgan fingerprint density at radius 2 is 2.00 bits per heavy atom. The molecule has 0 heterocycles. The molecule has 0 aromatic heterocycles. The van der Waals surface area contributed by atoms with Gasteiger partial charge in [-0.05, 0) is 42.2 Å². The Kier molecular flexibility index (Phi) is 2.60. The van der Waals surface area contributed by atoms with Crippen LogP contribution in [0.15, 0.2) is 48.5 Å². The average Bonchev–Trinajstić information content (AvgIpc) is 2.30. The van der Waals surface area contributed by atoms with Gasteiger partial charge in [0.05, 0.1) is 0 Å². The van der Waals surface area contributed by atoms with E-state index in [4.69, 9.17) is 0 Å². The Morgan fingerprint density at radius 3 is 2.82 bits per heavy atom. The molecule has 0 saturated heterocycles. The highest BCUT2D eigenvalue weighted by molar-refractivity contribution is 5.47. The molecule has 1 atom stereocenters. The second-order valence-electron chi connectivity index (χ2n) is 4.85. The number of nitrogens with one attached hydrogen (secondary N) is 1. The molecule has 0 amide bonds. The molecule has 1 N–H and O–H groups in total. The van der Waals surface area contributed by atoms with Gasteiger partial charge in [0, 0.05) is 18.2 Å². The van der Waals surface area contributed by atoms with E-state index in [0.29, 0.717) is 5.92 Å². The van der Waals surface area contributed by atoms with Crippen LogP contribution in [0.4, 0.5) is 5.69 Å². The van der Waals surface area contributed by atoms with Gasteiger partial charge in [0.1, 0.15) is 0 Å².